The molecule has 0 radical (unpaired) electrons. The second-order valence-corrected chi connectivity index (χ2v) is 13.6. The van der Waals surface area contributed by atoms with Gasteiger partial charge in [-0.2, -0.15) is 0 Å². The van der Waals surface area contributed by atoms with Gasteiger partial charge in [-0.25, -0.2) is 19.3 Å². The Bertz CT molecular complexity index is 926. The van der Waals surface area contributed by atoms with Crippen LogP contribution in [0.4, 0.5) is 9.59 Å². The van der Waals surface area contributed by atoms with E-state index >= 15 is 0 Å². The number of nitrogens with zero attached hydrogens (tertiary/aromatic N) is 1. The molecule has 0 fully saturated rings. The van der Waals surface area contributed by atoms with Gasteiger partial charge in [0.25, 0.3) is 0 Å². The van der Waals surface area contributed by atoms with Gasteiger partial charge in [0.15, 0.2) is 0 Å². The van der Waals surface area contributed by atoms with Crippen LogP contribution in [0.5, 0.6) is 0 Å². The van der Waals surface area contributed by atoms with E-state index < -0.39 is 54.2 Å². The van der Waals surface area contributed by atoms with Crippen molar-refractivity contribution >= 4 is 18.2 Å². The van der Waals surface area contributed by atoms with Gasteiger partial charge < -0.3 is 24.4 Å². The predicted molar refractivity (Wildman–Crippen MR) is 173 cm³/mol. The van der Waals surface area contributed by atoms with E-state index in [1.165, 1.54) is 51.4 Å². The number of aliphatic hydroxyl groups excluding tert-OH is 2. The van der Waals surface area contributed by atoms with Crippen molar-refractivity contribution in [1.82, 2.24) is 4.90 Å². The SMILES string of the molecule is CCCCCCCCCCCCCC[C@@H](O)[C@@H](O)[C@H](COC(=O)c1ccccc1)N(C(=O)OC(C)(C)C)C(=O)OC(C)(C)C. The van der Waals surface area contributed by atoms with E-state index in [0.717, 1.165) is 19.3 Å². The molecular weight excluding hydrogens is 562 g/mol. The highest BCUT2D eigenvalue weighted by atomic mass is 16.6. The smallest absolute Gasteiger partial charge is 0.420 e. The van der Waals surface area contributed by atoms with Gasteiger partial charge in [0.1, 0.15) is 30.0 Å². The zero-order valence-corrected chi connectivity index (χ0v) is 28.3. The molecule has 0 saturated heterocycles. The highest BCUT2D eigenvalue weighted by Gasteiger charge is 2.43. The average Bonchev–Trinajstić information content (AvgIpc) is 2.93. The Morgan fingerprint density at radius 2 is 1.14 bits per heavy atom. The molecule has 1 rings (SSSR count). The summed E-state index contributed by atoms with van der Waals surface area (Å²) in [5.41, 5.74) is -1.68. The lowest BCUT2D eigenvalue weighted by Gasteiger charge is -2.36. The molecular formula is C35H59NO8. The number of unbranched alkanes of at least 4 members (excludes halogenated alkanes) is 11. The molecule has 0 aliphatic heterocycles. The normalized spacial score (nSPS) is 13.9. The van der Waals surface area contributed by atoms with E-state index in [2.05, 4.69) is 6.92 Å². The van der Waals surface area contributed by atoms with Gasteiger partial charge in [-0.3, -0.25) is 0 Å². The van der Waals surface area contributed by atoms with Crippen molar-refractivity contribution in [3.05, 3.63) is 35.9 Å². The number of carbonyl (C=O) groups is 3. The van der Waals surface area contributed by atoms with Crippen LogP contribution in [-0.2, 0) is 14.2 Å². The van der Waals surface area contributed by atoms with E-state index in [4.69, 9.17) is 14.2 Å². The fourth-order valence-corrected chi connectivity index (χ4v) is 4.73. The van der Waals surface area contributed by atoms with Crippen molar-refractivity contribution in [2.45, 2.75) is 161 Å². The third-order valence-electron chi connectivity index (χ3n) is 7.05. The van der Waals surface area contributed by atoms with Crippen molar-refractivity contribution in [3.63, 3.8) is 0 Å². The van der Waals surface area contributed by atoms with Crippen molar-refractivity contribution in [1.29, 1.82) is 0 Å². The molecule has 1 aromatic carbocycles. The van der Waals surface area contributed by atoms with E-state index in [-0.39, 0.29) is 12.0 Å². The number of aliphatic hydroxyl groups is 2. The van der Waals surface area contributed by atoms with Crippen LogP contribution in [0, 0.1) is 0 Å². The highest BCUT2D eigenvalue weighted by molar-refractivity contribution is 5.90. The lowest BCUT2D eigenvalue weighted by molar-refractivity contribution is -0.0699. The van der Waals surface area contributed by atoms with E-state index in [9.17, 15) is 24.6 Å². The van der Waals surface area contributed by atoms with Gasteiger partial charge in [-0.05, 0) is 60.1 Å². The Morgan fingerprint density at radius 1 is 0.705 bits per heavy atom. The molecule has 0 bridgehead atoms. The second-order valence-electron chi connectivity index (χ2n) is 13.6. The molecule has 9 nitrogen and oxygen atoms in total. The van der Waals surface area contributed by atoms with Gasteiger partial charge in [0.05, 0.1) is 11.7 Å². The van der Waals surface area contributed by atoms with Crippen molar-refractivity contribution in [2.75, 3.05) is 6.61 Å². The molecule has 0 aliphatic carbocycles. The number of carbonyl (C=O) groups excluding carboxylic acids is 3. The Hall–Kier alpha value is -2.65. The van der Waals surface area contributed by atoms with E-state index in [0.29, 0.717) is 11.3 Å². The molecule has 9 heteroatoms. The molecule has 0 saturated carbocycles. The largest absolute Gasteiger partial charge is 0.460 e. The quantitative estimate of drug-likeness (QED) is 0.0900. The maximum atomic E-state index is 13.3. The van der Waals surface area contributed by atoms with Gasteiger partial charge in [-0.1, -0.05) is 102 Å². The van der Waals surface area contributed by atoms with Crippen LogP contribution in [0.15, 0.2) is 30.3 Å². The minimum absolute atomic E-state index is 0.248. The maximum absolute atomic E-state index is 13.3. The van der Waals surface area contributed by atoms with Gasteiger partial charge in [0, 0.05) is 0 Å². The number of rotatable bonds is 19. The second kappa shape index (κ2) is 20.4. The number of benzene rings is 1. The molecule has 0 spiro atoms. The first-order chi connectivity index (χ1) is 20.7. The first-order valence-electron chi connectivity index (χ1n) is 16.5. The minimum atomic E-state index is -1.62. The Balaban J connectivity index is 2.90. The highest BCUT2D eigenvalue weighted by Crippen LogP contribution is 2.22. The Kier molecular flexibility index (Phi) is 18.2. The summed E-state index contributed by atoms with van der Waals surface area (Å²) in [7, 11) is 0. The number of hydrogen-bond donors (Lipinski definition) is 2. The van der Waals surface area contributed by atoms with Crippen molar-refractivity contribution in [2.24, 2.45) is 0 Å². The molecule has 0 aliphatic rings. The van der Waals surface area contributed by atoms with Crippen LogP contribution in [0.1, 0.15) is 142 Å². The minimum Gasteiger partial charge on any atom is -0.460 e. The Morgan fingerprint density at radius 3 is 1.57 bits per heavy atom. The Labute approximate surface area is 265 Å². The first kappa shape index (κ1) is 39.4. The van der Waals surface area contributed by atoms with Crippen LogP contribution in [0.3, 0.4) is 0 Å². The van der Waals surface area contributed by atoms with Crippen LogP contribution in [0.2, 0.25) is 0 Å². The number of imide groups is 1. The lowest BCUT2D eigenvalue weighted by atomic mass is 9.98. The van der Waals surface area contributed by atoms with Crippen LogP contribution in [-0.4, -0.2) is 69.3 Å². The summed E-state index contributed by atoms with van der Waals surface area (Å²) in [6.07, 6.45) is 9.11. The number of ether oxygens (including phenoxy) is 3. The predicted octanol–water partition coefficient (Wildman–Crippen LogP) is 8.20. The van der Waals surface area contributed by atoms with Crippen LogP contribution in [0.25, 0.3) is 0 Å². The zero-order chi connectivity index (χ0) is 33.2. The zero-order valence-electron chi connectivity index (χ0n) is 28.3. The maximum Gasteiger partial charge on any atom is 0.420 e. The third kappa shape index (κ3) is 17.0. The van der Waals surface area contributed by atoms with Crippen molar-refractivity contribution in [3.8, 4) is 0 Å². The molecule has 44 heavy (non-hydrogen) atoms. The molecule has 2 amide bonds. The van der Waals surface area contributed by atoms with Crippen LogP contribution < -0.4 is 0 Å². The fraction of sp³-hybridized carbons (Fsp3) is 0.743. The van der Waals surface area contributed by atoms with E-state index in [1.54, 1.807) is 71.9 Å². The molecule has 2 N–H and O–H groups in total. The van der Waals surface area contributed by atoms with Gasteiger partial charge >= 0.3 is 18.2 Å². The van der Waals surface area contributed by atoms with E-state index in [1.807, 2.05) is 0 Å². The van der Waals surface area contributed by atoms with Gasteiger partial charge in [0.2, 0.25) is 0 Å². The summed E-state index contributed by atoms with van der Waals surface area (Å²) in [5, 5.41) is 22.3. The molecule has 0 unspecified atom stereocenters. The standard InChI is InChI=1S/C35H59NO8/c1-8-9-10-11-12-13-14-15-16-17-18-22-25-29(37)30(38)28(26-42-31(39)27-23-20-19-21-24-27)36(32(40)43-34(2,3)4)33(41)44-35(5,6)7/h19-21,23-24,28-30,37-38H,8-18,22,25-26H2,1-7H3/t28-,29+,30-/m0/s1. The summed E-state index contributed by atoms with van der Waals surface area (Å²) < 4.78 is 16.4. The molecule has 0 heterocycles. The molecule has 3 atom stereocenters. The summed E-state index contributed by atoms with van der Waals surface area (Å²) >= 11 is 0. The first-order valence-corrected chi connectivity index (χ1v) is 16.5. The number of esters is 1. The van der Waals surface area contributed by atoms with Gasteiger partial charge in [-0.15, -0.1) is 0 Å². The summed E-state index contributed by atoms with van der Waals surface area (Å²) in [6, 6.07) is 6.78. The molecule has 1 aromatic rings. The topological polar surface area (TPSA) is 123 Å². The summed E-state index contributed by atoms with van der Waals surface area (Å²) in [4.78, 5) is 40.0. The lowest BCUT2D eigenvalue weighted by Crippen LogP contribution is -2.57. The number of hydrogen-bond acceptors (Lipinski definition) is 8. The molecule has 252 valence electrons. The average molecular weight is 622 g/mol. The van der Waals surface area contributed by atoms with Crippen LogP contribution >= 0.6 is 0 Å². The summed E-state index contributed by atoms with van der Waals surface area (Å²) in [6.45, 7) is 11.5. The number of amides is 2. The monoisotopic (exact) mass is 621 g/mol. The van der Waals surface area contributed by atoms with Crippen molar-refractivity contribution < 1.29 is 38.8 Å². The molecule has 0 aromatic heterocycles. The summed E-state index contributed by atoms with van der Waals surface area (Å²) in [5.74, 6) is -0.702. The fourth-order valence-electron chi connectivity index (χ4n) is 4.73. The third-order valence-corrected chi connectivity index (χ3v) is 7.05.